The molecule has 2 aliphatic rings. The van der Waals surface area contributed by atoms with Crippen molar-refractivity contribution in [1.82, 2.24) is 19.7 Å². The number of carbonyl (C=O) groups excluding carboxylic acids is 1. The van der Waals surface area contributed by atoms with Crippen LogP contribution in [0.2, 0.25) is 0 Å². The van der Waals surface area contributed by atoms with Crippen LogP contribution in [-0.2, 0) is 23.3 Å². The molecule has 23 heavy (non-hydrogen) atoms. The summed E-state index contributed by atoms with van der Waals surface area (Å²) in [6, 6.07) is 8.08. The zero-order valence-electron chi connectivity index (χ0n) is 13.3. The number of rotatable bonds is 3. The van der Waals surface area contributed by atoms with Gasteiger partial charge >= 0.3 is 0 Å². The van der Waals surface area contributed by atoms with E-state index in [1.165, 1.54) is 0 Å². The van der Waals surface area contributed by atoms with Crippen LogP contribution in [0.1, 0.15) is 31.2 Å². The molecule has 120 valence electrons. The molecule has 4 rings (SSSR count). The average molecular weight is 311 g/mol. The number of likely N-dealkylation sites (tertiary alicyclic amines) is 1. The van der Waals surface area contributed by atoms with Crippen molar-refractivity contribution in [3.05, 3.63) is 42.0 Å². The molecule has 1 spiro atoms. The molecule has 3 heterocycles. The lowest BCUT2D eigenvalue weighted by Gasteiger charge is -2.38. The highest BCUT2D eigenvalue weighted by Crippen LogP contribution is 2.43. The number of carbonyl (C=O) groups is 1. The Bertz CT molecular complexity index is 740. The van der Waals surface area contributed by atoms with Crippen LogP contribution < -0.4 is 5.32 Å². The predicted molar refractivity (Wildman–Crippen MR) is 87.0 cm³/mol. The highest BCUT2D eigenvalue weighted by molar-refractivity contribution is 6.06. The van der Waals surface area contributed by atoms with Gasteiger partial charge in [0.05, 0.1) is 12.0 Å². The Morgan fingerprint density at radius 1 is 1.35 bits per heavy atom. The van der Waals surface area contributed by atoms with Crippen LogP contribution >= 0.6 is 0 Å². The molecule has 2 aliphatic heterocycles. The first kappa shape index (κ1) is 14.4. The minimum Gasteiger partial charge on any atom is -0.325 e. The second-order valence-electron chi connectivity index (χ2n) is 6.39. The van der Waals surface area contributed by atoms with Crippen LogP contribution in [0, 0.1) is 0 Å². The first-order valence-electron chi connectivity index (χ1n) is 8.23. The van der Waals surface area contributed by atoms with Crippen LogP contribution in [0.25, 0.3) is 0 Å². The molecule has 0 aliphatic carbocycles. The van der Waals surface area contributed by atoms with Gasteiger partial charge < -0.3 is 5.32 Å². The second-order valence-corrected chi connectivity index (χ2v) is 6.39. The lowest BCUT2D eigenvalue weighted by Crippen LogP contribution is -2.49. The summed E-state index contributed by atoms with van der Waals surface area (Å²) >= 11 is 0. The summed E-state index contributed by atoms with van der Waals surface area (Å²) in [6.45, 7) is 5.36. The van der Waals surface area contributed by atoms with Crippen molar-refractivity contribution in [2.75, 3.05) is 18.4 Å². The first-order valence-corrected chi connectivity index (χ1v) is 8.23. The normalized spacial score (nSPS) is 24.0. The number of nitrogens with zero attached hydrogens (tertiary/aromatic N) is 4. The van der Waals surface area contributed by atoms with Gasteiger partial charge in [0.15, 0.2) is 0 Å². The Kier molecular flexibility index (Phi) is 3.41. The number of hydrogen-bond donors (Lipinski definition) is 1. The Labute approximate surface area is 135 Å². The zero-order valence-corrected chi connectivity index (χ0v) is 13.3. The number of aryl methyl sites for hydroxylation is 1. The fourth-order valence-corrected chi connectivity index (χ4v) is 3.93. The maximum atomic E-state index is 12.7. The number of benzene rings is 1. The molecule has 0 saturated carbocycles. The van der Waals surface area contributed by atoms with Crippen molar-refractivity contribution in [3.8, 4) is 0 Å². The van der Waals surface area contributed by atoms with E-state index in [0.29, 0.717) is 0 Å². The van der Waals surface area contributed by atoms with Crippen molar-refractivity contribution in [1.29, 1.82) is 0 Å². The molecular weight excluding hydrogens is 290 g/mol. The summed E-state index contributed by atoms with van der Waals surface area (Å²) < 4.78 is 1.92. The average Bonchev–Trinajstić information content (AvgIpc) is 3.12. The van der Waals surface area contributed by atoms with Gasteiger partial charge in [-0.25, -0.2) is 9.67 Å². The lowest BCUT2D eigenvalue weighted by atomic mass is 9.75. The molecule has 1 N–H and O–H groups in total. The summed E-state index contributed by atoms with van der Waals surface area (Å²) in [6.07, 6.45) is 3.53. The maximum absolute atomic E-state index is 12.7. The number of hydrogen-bond acceptors (Lipinski definition) is 4. The molecule has 0 radical (unpaired) electrons. The van der Waals surface area contributed by atoms with Gasteiger partial charge in [-0.3, -0.25) is 9.69 Å². The van der Waals surface area contributed by atoms with Gasteiger partial charge in [-0.05, 0) is 37.9 Å². The lowest BCUT2D eigenvalue weighted by molar-refractivity contribution is -0.123. The van der Waals surface area contributed by atoms with Crippen molar-refractivity contribution in [3.63, 3.8) is 0 Å². The van der Waals surface area contributed by atoms with Crippen molar-refractivity contribution < 1.29 is 4.79 Å². The standard InChI is InChI=1S/C17H21N5O/c1-2-22-15(18-12-19-22)10-21-9-5-8-17(11-21)13-6-3-4-7-14(13)20-16(17)23/h3-4,6-7,12H,2,5,8-11H2,1H3,(H,20,23). The van der Waals surface area contributed by atoms with Gasteiger partial charge in [0.1, 0.15) is 12.2 Å². The Hall–Kier alpha value is -2.21. The number of anilines is 1. The fourth-order valence-electron chi connectivity index (χ4n) is 3.93. The molecule has 1 atom stereocenters. The van der Waals surface area contributed by atoms with Crippen molar-refractivity contribution >= 4 is 11.6 Å². The third-order valence-corrected chi connectivity index (χ3v) is 5.06. The zero-order chi connectivity index (χ0) is 15.9. The molecule has 6 nitrogen and oxygen atoms in total. The van der Waals surface area contributed by atoms with Gasteiger partial charge in [-0.2, -0.15) is 5.10 Å². The number of fused-ring (bicyclic) bond motifs is 2. The summed E-state index contributed by atoms with van der Waals surface area (Å²) in [7, 11) is 0. The molecule has 1 saturated heterocycles. The number of amides is 1. The highest BCUT2D eigenvalue weighted by Gasteiger charge is 2.48. The van der Waals surface area contributed by atoms with Gasteiger partial charge in [0.25, 0.3) is 0 Å². The van der Waals surface area contributed by atoms with E-state index < -0.39 is 5.41 Å². The molecule has 1 unspecified atom stereocenters. The van der Waals surface area contributed by atoms with Gasteiger partial charge in [0, 0.05) is 18.8 Å². The molecule has 2 aromatic rings. The quantitative estimate of drug-likeness (QED) is 0.938. The molecule has 0 bridgehead atoms. The van der Waals surface area contributed by atoms with Crippen LogP contribution in [0.4, 0.5) is 5.69 Å². The minimum absolute atomic E-state index is 0.139. The Morgan fingerprint density at radius 3 is 3.09 bits per heavy atom. The monoisotopic (exact) mass is 311 g/mol. The Morgan fingerprint density at radius 2 is 2.22 bits per heavy atom. The molecule has 1 fully saturated rings. The van der Waals surface area contributed by atoms with E-state index in [9.17, 15) is 4.79 Å². The predicted octanol–water partition coefficient (Wildman–Crippen LogP) is 1.78. The minimum atomic E-state index is -0.411. The summed E-state index contributed by atoms with van der Waals surface area (Å²) in [4.78, 5) is 19.4. The molecule has 1 amide bonds. The van der Waals surface area contributed by atoms with Crippen LogP contribution in [0.3, 0.4) is 0 Å². The van der Waals surface area contributed by atoms with Gasteiger partial charge in [-0.1, -0.05) is 18.2 Å². The number of aromatic nitrogens is 3. The van der Waals surface area contributed by atoms with E-state index in [1.807, 2.05) is 22.9 Å². The van der Waals surface area contributed by atoms with Crippen LogP contribution in [-0.4, -0.2) is 38.7 Å². The van der Waals surface area contributed by atoms with Gasteiger partial charge in [0.2, 0.25) is 5.91 Å². The fraction of sp³-hybridized carbons (Fsp3) is 0.471. The van der Waals surface area contributed by atoms with E-state index in [0.717, 1.165) is 56.1 Å². The molecule has 1 aromatic heterocycles. The molecule has 6 heteroatoms. The van der Waals surface area contributed by atoms with E-state index >= 15 is 0 Å². The highest BCUT2D eigenvalue weighted by atomic mass is 16.2. The third-order valence-electron chi connectivity index (χ3n) is 5.06. The SMILES string of the molecule is CCn1ncnc1CN1CCCC2(C1)C(=O)Nc1ccccc12. The van der Waals surface area contributed by atoms with E-state index in [4.69, 9.17) is 0 Å². The Balaban J connectivity index is 1.61. The maximum Gasteiger partial charge on any atom is 0.236 e. The number of nitrogens with one attached hydrogen (secondary N) is 1. The van der Waals surface area contributed by atoms with E-state index in [2.05, 4.69) is 33.3 Å². The smallest absolute Gasteiger partial charge is 0.236 e. The molecular formula is C17H21N5O. The van der Waals surface area contributed by atoms with Crippen LogP contribution in [0.15, 0.2) is 30.6 Å². The molecule has 1 aromatic carbocycles. The summed E-state index contributed by atoms with van der Waals surface area (Å²) in [5.41, 5.74) is 1.70. The van der Waals surface area contributed by atoms with Gasteiger partial charge in [-0.15, -0.1) is 0 Å². The van der Waals surface area contributed by atoms with Crippen molar-refractivity contribution in [2.24, 2.45) is 0 Å². The number of piperidine rings is 1. The van der Waals surface area contributed by atoms with Crippen LogP contribution in [0.5, 0.6) is 0 Å². The summed E-state index contributed by atoms with van der Waals surface area (Å²) in [5.74, 6) is 1.11. The van der Waals surface area contributed by atoms with E-state index in [1.54, 1.807) is 6.33 Å². The topological polar surface area (TPSA) is 63.1 Å². The third kappa shape index (κ3) is 2.25. The van der Waals surface area contributed by atoms with Crippen molar-refractivity contribution in [2.45, 2.75) is 38.3 Å². The first-order chi connectivity index (χ1) is 11.2. The van der Waals surface area contributed by atoms with E-state index in [-0.39, 0.29) is 5.91 Å². The largest absolute Gasteiger partial charge is 0.325 e. The second kappa shape index (κ2) is 5.45. The summed E-state index contributed by atoms with van der Waals surface area (Å²) in [5, 5.41) is 7.30. The number of para-hydroxylation sites is 1.